The molecule has 0 atom stereocenters. The van der Waals surface area contributed by atoms with Crippen molar-refractivity contribution in [1.29, 1.82) is 0 Å². The van der Waals surface area contributed by atoms with E-state index in [-0.39, 0.29) is 0 Å². The number of benzene rings is 1. The van der Waals surface area contributed by atoms with Crippen LogP contribution in [-0.2, 0) is 10.2 Å². The molecular weight excluding hydrogens is 198 g/mol. The molecule has 0 unspecified atom stereocenters. The van der Waals surface area contributed by atoms with Gasteiger partial charge in [-0.05, 0) is 38.9 Å². The molecule has 16 heavy (non-hydrogen) atoms. The first-order valence-electron chi connectivity index (χ1n) is 6.06. The molecule has 0 bridgehead atoms. The van der Waals surface area contributed by atoms with Crippen LogP contribution >= 0.6 is 0 Å². The van der Waals surface area contributed by atoms with Gasteiger partial charge in [0.2, 0.25) is 0 Å². The molecule has 2 nitrogen and oxygen atoms in total. The smallest absolute Gasteiger partial charge is 0.0585 e. The van der Waals surface area contributed by atoms with Gasteiger partial charge in [0.25, 0.3) is 0 Å². The third-order valence-corrected chi connectivity index (χ3v) is 3.50. The molecule has 2 heteroatoms. The van der Waals surface area contributed by atoms with E-state index in [0.717, 1.165) is 19.8 Å². The van der Waals surface area contributed by atoms with Crippen molar-refractivity contribution in [3.8, 4) is 0 Å². The molecule has 0 saturated carbocycles. The highest BCUT2D eigenvalue weighted by molar-refractivity contribution is 5.30. The van der Waals surface area contributed by atoms with Gasteiger partial charge in [-0.15, -0.1) is 0 Å². The maximum Gasteiger partial charge on any atom is 0.0585 e. The zero-order chi connectivity index (χ0) is 11.4. The van der Waals surface area contributed by atoms with Gasteiger partial charge >= 0.3 is 0 Å². The van der Waals surface area contributed by atoms with Gasteiger partial charge in [-0.25, -0.2) is 0 Å². The van der Waals surface area contributed by atoms with E-state index in [9.17, 15) is 0 Å². The summed E-state index contributed by atoms with van der Waals surface area (Å²) in [7, 11) is 2.01. The standard InChI is InChI=1S/C14H21NO/c1-12-4-6-13(7-5-12)14(10-16-11-14)8-3-9-15-2/h4-7,15H,3,8-11H2,1-2H3. The second kappa shape index (κ2) is 4.98. The lowest BCUT2D eigenvalue weighted by Crippen LogP contribution is -2.47. The Balaban J connectivity index is 2.05. The Morgan fingerprint density at radius 3 is 2.44 bits per heavy atom. The monoisotopic (exact) mass is 219 g/mol. The van der Waals surface area contributed by atoms with Crippen LogP contribution in [0.2, 0.25) is 0 Å². The van der Waals surface area contributed by atoms with Gasteiger partial charge < -0.3 is 10.1 Å². The SMILES string of the molecule is CNCCCC1(c2ccc(C)cc2)COC1. The fourth-order valence-electron chi connectivity index (χ4n) is 2.31. The predicted molar refractivity (Wildman–Crippen MR) is 66.8 cm³/mol. The fraction of sp³-hybridized carbons (Fsp3) is 0.571. The number of nitrogens with one attached hydrogen (secondary N) is 1. The highest BCUT2D eigenvalue weighted by Crippen LogP contribution is 2.36. The van der Waals surface area contributed by atoms with Crippen molar-refractivity contribution in [2.45, 2.75) is 25.2 Å². The number of hydrogen-bond donors (Lipinski definition) is 1. The van der Waals surface area contributed by atoms with Crippen LogP contribution in [-0.4, -0.2) is 26.8 Å². The second-order valence-electron chi connectivity index (χ2n) is 4.85. The summed E-state index contributed by atoms with van der Waals surface area (Å²) in [5.41, 5.74) is 3.07. The minimum atomic E-state index is 0.296. The third-order valence-electron chi connectivity index (χ3n) is 3.50. The molecule has 1 aliphatic rings. The first-order valence-corrected chi connectivity index (χ1v) is 6.06. The quantitative estimate of drug-likeness (QED) is 0.767. The van der Waals surface area contributed by atoms with Gasteiger partial charge in [0.1, 0.15) is 0 Å². The lowest BCUT2D eigenvalue weighted by atomic mass is 9.75. The minimum absolute atomic E-state index is 0.296. The van der Waals surface area contributed by atoms with Crippen molar-refractivity contribution in [3.05, 3.63) is 35.4 Å². The Morgan fingerprint density at radius 2 is 1.94 bits per heavy atom. The minimum Gasteiger partial charge on any atom is -0.379 e. The van der Waals surface area contributed by atoms with Crippen LogP contribution in [0.1, 0.15) is 24.0 Å². The van der Waals surface area contributed by atoms with E-state index in [0.29, 0.717) is 5.41 Å². The topological polar surface area (TPSA) is 21.3 Å². The summed E-state index contributed by atoms with van der Waals surface area (Å²) in [6.07, 6.45) is 2.44. The van der Waals surface area contributed by atoms with E-state index in [1.807, 2.05) is 7.05 Å². The van der Waals surface area contributed by atoms with Gasteiger partial charge in [-0.3, -0.25) is 0 Å². The summed E-state index contributed by atoms with van der Waals surface area (Å²) < 4.78 is 5.43. The van der Waals surface area contributed by atoms with Gasteiger partial charge in [0.15, 0.2) is 0 Å². The summed E-state index contributed by atoms with van der Waals surface area (Å²) in [6, 6.07) is 8.93. The zero-order valence-corrected chi connectivity index (χ0v) is 10.3. The molecule has 0 aromatic heterocycles. The lowest BCUT2D eigenvalue weighted by Gasteiger charge is -2.42. The number of ether oxygens (including phenoxy) is 1. The Labute approximate surface area is 98.0 Å². The van der Waals surface area contributed by atoms with Crippen molar-refractivity contribution in [2.75, 3.05) is 26.8 Å². The van der Waals surface area contributed by atoms with E-state index >= 15 is 0 Å². The molecule has 1 aliphatic heterocycles. The summed E-state index contributed by atoms with van der Waals surface area (Å²) in [5.74, 6) is 0. The Hall–Kier alpha value is -0.860. The summed E-state index contributed by atoms with van der Waals surface area (Å²) in [6.45, 7) is 5.00. The van der Waals surface area contributed by atoms with Gasteiger partial charge in [-0.1, -0.05) is 29.8 Å². The van der Waals surface area contributed by atoms with E-state index in [2.05, 4.69) is 36.5 Å². The summed E-state index contributed by atoms with van der Waals surface area (Å²) in [5, 5.41) is 3.21. The van der Waals surface area contributed by atoms with Crippen LogP contribution in [0.25, 0.3) is 0 Å². The molecule has 1 fully saturated rings. The largest absolute Gasteiger partial charge is 0.379 e. The van der Waals surface area contributed by atoms with Crippen LogP contribution in [0.5, 0.6) is 0 Å². The highest BCUT2D eigenvalue weighted by atomic mass is 16.5. The molecule has 0 aliphatic carbocycles. The molecule has 1 aromatic carbocycles. The second-order valence-corrected chi connectivity index (χ2v) is 4.85. The van der Waals surface area contributed by atoms with Crippen LogP contribution in [0.3, 0.4) is 0 Å². The van der Waals surface area contributed by atoms with Crippen molar-refractivity contribution < 1.29 is 4.74 Å². The molecule has 1 N–H and O–H groups in total. The molecule has 88 valence electrons. The molecule has 0 spiro atoms. The van der Waals surface area contributed by atoms with Gasteiger partial charge in [0, 0.05) is 5.41 Å². The predicted octanol–water partition coefficient (Wildman–Crippen LogP) is 2.26. The van der Waals surface area contributed by atoms with Crippen LogP contribution < -0.4 is 5.32 Å². The Kier molecular flexibility index (Phi) is 3.62. The Morgan fingerprint density at radius 1 is 1.25 bits per heavy atom. The number of aryl methyl sites for hydroxylation is 1. The van der Waals surface area contributed by atoms with Crippen molar-refractivity contribution in [1.82, 2.24) is 5.32 Å². The van der Waals surface area contributed by atoms with Crippen molar-refractivity contribution in [3.63, 3.8) is 0 Å². The molecule has 0 amide bonds. The lowest BCUT2D eigenvalue weighted by molar-refractivity contribution is -0.0650. The number of rotatable bonds is 5. The normalized spacial score (nSPS) is 18.1. The van der Waals surface area contributed by atoms with Crippen molar-refractivity contribution in [2.24, 2.45) is 0 Å². The van der Waals surface area contributed by atoms with E-state index in [1.165, 1.54) is 24.0 Å². The first-order chi connectivity index (χ1) is 7.77. The van der Waals surface area contributed by atoms with Gasteiger partial charge in [-0.2, -0.15) is 0 Å². The van der Waals surface area contributed by atoms with Crippen molar-refractivity contribution >= 4 is 0 Å². The van der Waals surface area contributed by atoms with Gasteiger partial charge in [0.05, 0.1) is 13.2 Å². The van der Waals surface area contributed by atoms with E-state index in [1.54, 1.807) is 0 Å². The fourth-order valence-corrected chi connectivity index (χ4v) is 2.31. The molecule has 0 radical (unpaired) electrons. The third kappa shape index (κ3) is 2.28. The average Bonchev–Trinajstić information content (AvgIpc) is 2.24. The maximum atomic E-state index is 5.43. The van der Waals surface area contributed by atoms with E-state index < -0.39 is 0 Å². The van der Waals surface area contributed by atoms with E-state index in [4.69, 9.17) is 4.74 Å². The average molecular weight is 219 g/mol. The molecule has 1 heterocycles. The van der Waals surface area contributed by atoms with Crippen LogP contribution in [0, 0.1) is 6.92 Å². The van der Waals surface area contributed by atoms with Crippen LogP contribution in [0.15, 0.2) is 24.3 Å². The molecule has 1 aromatic rings. The number of hydrogen-bond acceptors (Lipinski definition) is 2. The highest BCUT2D eigenvalue weighted by Gasteiger charge is 2.39. The molecule has 1 saturated heterocycles. The Bertz CT molecular complexity index is 327. The first kappa shape index (κ1) is 11.6. The molecular formula is C14H21NO. The van der Waals surface area contributed by atoms with Crippen LogP contribution in [0.4, 0.5) is 0 Å². The zero-order valence-electron chi connectivity index (χ0n) is 10.3. The summed E-state index contributed by atoms with van der Waals surface area (Å²) >= 11 is 0. The maximum absolute atomic E-state index is 5.43. The molecule has 2 rings (SSSR count). The summed E-state index contributed by atoms with van der Waals surface area (Å²) in [4.78, 5) is 0.